The Kier molecular flexibility index (Phi) is 7.34. The molecule has 1 amide bonds. The van der Waals surface area contributed by atoms with Gasteiger partial charge in [0.05, 0.1) is 5.02 Å². The van der Waals surface area contributed by atoms with Crippen LogP contribution in [0.15, 0.2) is 6.07 Å². The van der Waals surface area contributed by atoms with E-state index in [1.54, 1.807) is 0 Å². The Bertz CT molecular complexity index is 625. The summed E-state index contributed by atoms with van der Waals surface area (Å²) in [5.41, 5.74) is 0. The van der Waals surface area contributed by atoms with Gasteiger partial charge in [-0.25, -0.2) is 4.79 Å². The lowest BCUT2D eigenvalue weighted by Crippen LogP contribution is -2.43. The Morgan fingerprint density at radius 1 is 1.22 bits per heavy atom. The maximum absolute atomic E-state index is 11.7. The highest BCUT2D eigenvalue weighted by molar-refractivity contribution is 6.42. The molecule has 11 heteroatoms. The second kappa shape index (κ2) is 8.76. The lowest BCUT2D eigenvalue weighted by Gasteiger charge is -2.14. The summed E-state index contributed by atoms with van der Waals surface area (Å²) in [7, 11) is 0. The Morgan fingerprint density at radius 3 is 2.43 bits per heavy atom. The van der Waals surface area contributed by atoms with Crippen molar-refractivity contribution in [3.63, 3.8) is 0 Å². The van der Waals surface area contributed by atoms with Crippen molar-refractivity contribution in [2.75, 3.05) is 6.61 Å². The fraction of sp³-hybridized carbons (Fsp3) is 0.333. The van der Waals surface area contributed by atoms with Gasteiger partial charge < -0.3 is 20.3 Å². The zero-order valence-electron chi connectivity index (χ0n) is 11.4. The number of rotatable bonds is 8. The lowest BCUT2D eigenvalue weighted by atomic mass is 10.1. The number of carboxylic acid groups (broad SMARTS) is 2. The van der Waals surface area contributed by atoms with Crippen LogP contribution in [0.25, 0.3) is 0 Å². The van der Waals surface area contributed by atoms with E-state index in [0.717, 1.165) is 0 Å². The molecule has 1 aromatic heterocycles. The van der Waals surface area contributed by atoms with Crippen LogP contribution in [0, 0.1) is 0 Å². The summed E-state index contributed by atoms with van der Waals surface area (Å²) >= 11 is 17.2. The summed E-state index contributed by atoms with van der Waals surface area (Å²) in [4.78, 5) is 36.8. The molecule has 1 heterocycles. The summed E-state index contributed by atoms with van der Waals surface area (Å²) in [6.45, 7) is -0.582. The number of carbonyl (C=O) groups excluding carboxylic acids is 1. The van der Waals surface area contributed by atoms with Gasteiger partial charge in [0, 0.05) is 6.42 Å². The molecule has 0 spiro atoms. The summed E-state index contributed by atoms with van der Waals surface area (Å²) in [5.74, 6) is -3.46. The Hall–Kier alpha value is -1.77. The first kappa shape index (κ1) is 19.3. The smallest absolute Gasteiger partial charge is 0.326 e. The molecule has 0 saturated carbocycles. The average molecular weight is 386 g/mol. The summed E-state index contributed by atoms with van der Waals surface area (Å²) in [6, 6.07) is -0.0714. The topological polar surface area (TPSA) is 126 Å². The van der Waals surface area contributed by atoms with Crippen LogP contribution in [0.1, 0.15) is 12.8 Å². The highest BCUT2D eigenvalue weighted by Crippen LogP contribution is 2.30. The van der Waals surface area contributed by atoms with Gasteiger partial charge in [-0.2, -0.15) is 4.98 Å². The molecule has 0 fully saturated rings. The fourth-order valence-corrected chi connectivity index (χ4v) is 1.97. The predicted octanol–water partition coefficient (Wildman–Crippen LogP) is 1.85. The van der Waals surface area contributed by atoms with E-state index in [4.69, 9.17) is 49.8 Å². The minimum atomic E-state index is -1.36. The van der Waals surface area contributed by atoms with Gasteiger partial charge in [-0.15, -0.1) is 0 Å². The zero-order valence-corrected chi connectivity index (χ0v) is 13.7. The first-order valence-electron chi connectivity index (χ1n) is 6.09. The standard InChI is InChI=1S/C12H11Cl3N2O6/c13-5-3-6(14)11(17-10(5)15)23-4-8(18)16-7(12(21)22)1-2-9(19)20/h3,7H,1-2,4H2,(H,16,18)(H,19,20)(H,21,22)/t7-/m0/s1. The van der Waals surface area contributed by atoms with Crippen LogP contribution in [0.4, 0.5) is 0 Å². The first-order chi connectivity index (χ1) is 10.7. The van der Waals surface area contributed by atoms with E-state index < -0.39 is 36.9 Å². The van der Waals surface area contributed by atoms with E-state index in [2.05, 4.69) is 10.3 Å². The predicted molar refractivity (Wildman–Crippen MR) is 81.2 cm³/mol. The van der Waals surface area contributed by atoms with Crippen molar-refractivity contribution < 1.29 is 29.3 Å². The van der Waals surface area contributed by atoms with Crippen LogP contribution in [-0.2, 0) is 14.4 Å². The molecule has 1 aromatic rings. The third-order valence-electron chi connectivity index (χ3n) is 2.47. The number of carboxylic acids is 2. The number of nitrogens with one attached hydrogen (secondary N) is 1. The number of ether oxygens (including phenoxy) is 1. The molecule has 126 valence electrons. The quantitative estimate of drug-likeness (QED) is 0.583. The molecular weight excluding hydrogens is 374 g/mol. The molecule has 0 bridgehead atoms. The summed E-state index contributed by atoms with van der Waals surface area (Å²) in [6.07, 6.45) is -0.666. The number of amides is 1. The van der Waals surface area contributed by atoms with E-state index in [1.807, 2.05) is 0 Å². The van der Waals surface area contributed by atoms with Gasteiger partial charge in [0.2, 0.25) is 5.88 Å². The van der Waals surface area contributed by atoms with E-state index in [0.29, 0.717) is 0 Å². The van der Waals surface area contributed by atoms with Crippen molar-refractivity contribution in [2.45, 2.75) is 18.9 Å². The molecule has 0 aliphatic carbocycles. The van der Waals surface area contributed by atoms with Gasteiger partial charge in [-0.1, -0.05) is 34.8 Å². The Balaban J connectivity index is 2.60. The molecule has 23 heavy (non-hydrogen) atoms. The van der Waals surface area contributed by atoms with Gasteiger partial charge in [0.15, 0.2) is 11.8 Å². The number of carbonyl (C=O) groups is 3. The zero-order chi connectivity index (χ0) is 17.6. The number of halogens is 3. The molecule has 0 saturated heterocycles. The van der Waals surface area contributed by atoms with Crippen molar-refractivity contribution in [3.05, 3.63) is 21.3 Å². The van der Waals surface area contributed by atoms with Crippen LogP contribution in [0.3, 0.4) is 0 Å². The van der Waals surface area contributed by atoms with E-state index in [1.165, 1.54) is 6.07 Å². The highest BCUT2D eigenvalue weighted by Gasteiger charge is 2.21. The maximum Gasteiger partial charge on any atom is 0.326 e. The third-order valence-corrected chi connectivity index (χ3v) is 3.42. The molecule has 0 unspecified atom stereocenters. The molecule has 3 N–H and O–H groups in total. The van der Waals surface area contributed by atoms with E-state index in [9.17, 15) is 14.4 Å². The Labute approximate surface area is 145 Å². The minimum Gasteiger partial charge on any atom is -0.481 e. The van der Waals surface area contributed by atoms with Crippen molar-refractivity contribution in [3.8, 4) is 5.88 Å². The van der Waals surface area contributed by atoms with Gasteiger partial charge >= 0.3 is 11.9 Å². The minimum absolute atomic E-state index is 0.0212. The second-order valence-electron chi connectivity index (χ2n) is 4.23. The number of pyridine rings is 1. The second-order valence-corrected chi connectivity index (χ2v) is 5.40. The molecule has 1 atom stereocenters. The highest BCUT2D eigenvalue weighted by atomic mass is 35.5. The largest absolute Gasteiger partial charge is 0.481 e. The van der Waals surface area contributed by atoms with Crippen molar-refractivity contribution in [2.24, 2.45) is 0 Å². The van der Waals surface area contributed by atoms with Crippen molar-refractivity contribution in [1.82, 2.24) is 10.3 Å². The molecule has 0 aliphatic heterocycles. The molecule has 8 nitrogen and oxygen atoms in total. The molecule has 0 aliphatic rings. The maximum atomic E-state index is 11.7. The SMILES string of the molecule is O=C(O)CC[C@H](NC(=O)COc1nc(Cl)c(Cl)cc1Cl)C(=O)O. The molecule has 0 aromatic carbocycles. The first-order valence-corrected chi connectivity index (χ1v) is 7.22. The third kappa shape index (κ3) is 6.47. The lowest BCUT2D eigenvalue weighted by molar-refractivity contribution is -0.143. The fourth-order valence-electron chi connectivity index (χ4n) is 1.42. The van der Waals surface area contributed by atoms with Crippen molar-refractivity contribution >= 4 is 52.6 Å². The van der Waals surface area contributed by atoms with E-state index in [-0.39, 0.29) is 27.5 Å². The van der Waals surface area contributed by atoms with E-state index >= 15 is 0 Å². The van der Waals surface area contributed by atoms with Crippen LogP contribution in [0.5, 0.6) is 5.88 Å². The van der Waals surface area contributed by atoms with Crippen LogP contribution in [0.2, 0.25) is 15.2 Å². The number of hydrogen-bond donors (Lipinski definition) is 3. The molecule has 0 radical (unpaired) electrons. The van der Waals surface area contributed by atoms with Crippen LogP contribution < -0.4 is 10.1 Å². The number of aromatic nitrogens is 1. The van der Waals surface area contributed by atoms with Crippen LogP contribution in [-0.4, -0.2) is 45.7 Å². The van der Waals surface area contributed by atoms with Gasteiger partial charge in [-0.05, 0) is 12.5 Å². The molecule has 1 rings (SSSR count). The molecular formula is C12H11Cl3N2O6. The summed E-state index contributed by atoms with van der Waals surface area (Å²) < 4.78 is 5.03. The van der Waals surface area contributed by atoms with Gasteiger partial charge in [0.25, 0.3) is 5.91 Å². The average Bonchev–Trinajstić information content (AvgIpc) is 2.45. The van der Waals surface area contributed by atoms with Gasteiger partial charge in [0.1, 0.15) is 11.1 Å². The monoisotopic (exact) mass is 384 g/mol. The van der Waals surface area contributed by atoms with Crippen molar-refractivity contribution in [1.29, 1.82) is 0 Å². The Morgan fingerprint density at radius 2 is 1.87 bits per heavy atom. The number of aliphatic carboxylic acids is 2. The van der Waals surface area contributed by atoms with Gasteiger partial charge in [-0.3, -0.25) is 9.59 Å². The number of hydrogen-bond acceptors (Lipinski definition) is 5. The van der Waals surface area contributed by atoms with Crippen LogP contribution >= 0.6 is 34.8 Å². The normalized spacial score (nSPS) is 11.6. The number of nitrogens with zero attached hydrogens (tertiary/aromatic N) is 1. The summed E-state index contributed by atoms with van der Waals surface area (Å²) in [5, 5.41) is 19.6.